The Labute approximate surface area is 373 Å². The Morgan fingerprint density at radius 3 is 0.923 bits per heavy atom. The van der Waals surface area contributed by atoms with E-state index in [2.05, 4.69) is 225 Å². The first-order chi connectivity index (χ1) is 32.1. The largest absolute Gasteiger partial charge is 0.306 e. The van der Waals surface area contributed by atoms with E-state index in [0.29, 0.717) is 11.4 Å². The van der Waals surface area contributed by atoms with Crippen molar-refractivity contribution in [2.45, 2.75) is 6.92 Å². The van der Waals surface area contributed by atoms with Crippen molar-refractivity contribution >= 4 is 92.8 Å². The molecule has 0 saturated carbocycles. The number of para-hydroxylation sites is 7. The molecule has 4 aromatic heterocycles. The molecule has 4 heterocycles. The van der Waals surface area contributed by atoms with Crippen molar-refractivity contribution in [1.82, 2.24) is 18.3 Å². The van der Waals surface area contributed by atoms with Gasteiger partial charge in [-0.3, -0.25) is 0 Å². The lowest BCUT2D eigenvalue weighted by atomic mass is 9.98. The average Bonchev–Trinajstić information content (AvgIpc) is 4.08. The zero-order valence-corrected chi connectivity index (χ0v) is 35.3. The van der Waals surface area contributed by atoms with Gasteiger partial charge in [-0.25, -0.2) is 0 Å². The molecule has 0 N–H and O–H groups in total. The summed E-state index contributed by atoms with van der Waals surface area (Å²) in [5.74, 6) is 0. The van der Waals surface area contributed by atoms with Crippen LogP contribution in [0, 0.1) is 22.7 Å². The second-order valence-corrected chi connectivity index (χ2v) is 16.8. The number of aromatic nitrogens is 4. The van der Waals surface area contributed by atoms with E-state index in [1.54, 1.807) is 0 Å². The average molecular weight is 829 g/mol. The van der Waals surface area contributed by atoms with E-state index < -0.39 is 0 Å². The zero-order chi connectivity index (χ0) is 43.5. The number of fused-ring (bicyclic) bond motifs is 12. The van der Waals surface area contributed by atoms with Crippen molar-refractivity contribution in [2.24, 2.45) is 0 Å². The van der Waals surface area contributed by atoms with Crippen LogP contribution < -0.4 is 0 Å². The van der Waals surface area contributed by atoms with Crippen LogP contribution in [-0.4, -0.2) is 18.3 Å². The summed E-state index contributed by atoms with van der Waals surface area (Å²) in [5.41, 5.74) is 12.9. The van der Waals surface area contributed by atoms with Gasteiger partial charge >= 0.3 is 0 Å². The van der Waals surface area contributed by atoms with Crippen molar-refractivity contribution in [1.29, 1.82) is 10.5 Å². The minimum Gasteiger partial charge on any atom is -0.306 e. The van der Waals surface area contributed by atoms with E-state index in [4.69, 9.17) is 0 Å². The standard InChI is InChI=1S/C59H36N6/c1-36(2)37-25-17-33-54-55(37)44-24-9-16-32-53(44)65(54)57-46(35-61)45(34-60)56(62-47-26-10-3-18-38(47)39-19-4-11-27-48(39)62)58(63-49-28-12-5-20-40(49)41-21-6-13-29-50(41)63)59(57)64-51-30-14-7-22-42(51)43-23-8-15-31-52(43)64/h3-33H,1H2,2H3. The summed E-state index contributed by atoms with van der Waals surface area (Å²) >= 11 is 0. The molecule has 6 heteroatoms. The van der Waals surface area contributed by atoms with Crippen molar-refractivity contribution < 1.29 is 0 Å². The van der Waals surface area contributed by atoms with E-state index in [-0.39, 0.29) is 11.1 Å². The molecule has 13 rings (SSSR count). The molecule has 0 aliphatic carbocycles. The monoisotopic (exact) mass is 828 g/mol. The van der Waals surface area contributed by atoms with E-state index in [0.717, 1.165) is 110 Å². The summed E-state index contributed by atoms with van der Waals surface area (Å²) in [7, 11) is 0. The van der Waals surface area contributed by atoms with Gasteiger partial charge in [-0.2, -0.15) is 10.5 Å². The number of allylic oxidation sites excluding steroid dienone is 1. The Hall–Kier alpha value is -9.10. The van der Waals surface area contributed by atoms with Gasteiger partial charge in [-0.15, -0.1) is 0 Å². The maximum Gasteiger partial charge on any atom is 0.103 e. The molecule has 0 fully saturated rings. The predicted molar refractivity (Wildman–Crippen MR) is 268 cm³/mol. The van der Waals surface area contributed by atoms with Gasteiger partial charge in [0.15, 0.2) is 0 Å². The molecule has 0 bridgehead atoms. The highest BCUT2D eigenvalue weighted by atomic mass is 15.1. The van der Waals surface area contributed by atoms with E-state index >= 15 is 0 Å². The quantitative estimate of drug-likeness (QED) is 0.173. The zero-order valence-electron chi connectivity index (χ0n) is 35.3. The molecule has 0 radical (unpaired) electrons. The second kappa shape index (κ2) is 13.7. The van der Waals surface area contributed by atoms with Crippen molar-refractivity contribution in [3.63, 3.8) is 0 Å². The lowest BCUT2D eigenvalue weighted by molar-refractivity contribution is 1.01. The third kappa shape index (κ3) is 4.85. The van der Waals surface area contributed by atoms with Crippen LogP contribution in [0.4, 0.5) is 0 Å². The van der Waals surface area contributed by atoms with E-state index in [1.807, 2.05) is 6.92 Å². The van der Waals surface area contributed by atoms with E-state index in [9.17, 15) is 10.5 Å². The number of nitriles is 2. The minimum atomic E-state index is 0.272. The van der Waals surface area contributed by atoms with Crippen molar-refractivity contribution in [3.8, 4) is 34.9 Å². The molecule has 13 aromatic rings. The Kier molecular flexibility index (Phi) is 7.70. The first-order valence-electron chi connectivity index (χ1n) is 21.8. The fourth-order valence-electron chi connectivity index (χ4n) is 10.9. The summed E-state index contributed by atoms with van der Waals surface area (Å²) in [5, 5.41) is 32.5. The van der Waals surface area contributed by atoms with Gasteiger partial charge in [0.2, 0.25) is 0 Å². The molecule has 0 aliphatic heterocycles. The number of benzene rings is 9. The van der Waals surface area contributed by atoms with Crippen molar-refractivity contribution in [2.75, 3.05) is 0 Å². The number of rotatable bonds is 5. The lowest BCUT2D eigenvalue weighted by Crippen LogP contribution is -2.17. The second-order valence-electron chi connectivity index (χ2n) is 16.8. The Bertz CT molecular complexity index is 4140. The van der Waals surface area contributed by atoms with Gasteiger partial charge in [-0.05, 0) is 61.0 Å². The fourth-order valence-corrected chi connectivity index (χ4v) is 10.9. The molecule has 0 atom stereocenters. The SMILES string of the molecule is C=C(C)c1cccc2c1c1ccccc1n2-c1c(C#N)c(C#N)c(-n2c3ccccc3c3ccccc32)c(-n2c3ccccc3c3ccccc32)c1-n1c2ccccc2c2ccccc21. The number of hydrogen-bond donors (Lipinski definition) is 0. The molecule has 65 heavy (non-hydrogen) atoms. The molecule has 0 unspecified atom stereocenters. The lowest BCUT2D eigenvalue weighted by Gasteiger charge is -2.27. The summed E-state index contributed by atoms with van der Waals surface area (Å²) in [6.45, 7) is 6.47. The van der Waals surface area contributed by atoms with Gasteiger partial charge in [0.25, 0.3) is 0 Å². The Balaban J connectivity index is 1.41. The highest BCUT2D eigenvalue weighted by Crippen LogP contribution is 2.49. The third-order valence-electron chi connectivity index (χ3n) is 13.4. The van der Waals surface area contributed by atoms with Crippen LogP contribution in [0.2, 0.25) is 0 Å². The number of nitrogens with zero attached hydrogens (tertiary/aromatic N) is 6. The van der Waals surface area contributed by atoms with Crippen LogP contribution in [0.5, 0.6) is 0 Å². The Morgan fingerprint density at radius 1 is 0.338 bits per heavy atom. The van der Waals surface area contributed by atoms with E-state index in [1.165, 1.54) is 0 Å². The topological polar surface area (TPSA) is 67.3 Å². The molecule has 0 aliphatic rings. The summed E-state index contributed by atoms with van der Waals surface area (Å²) < 4.78 is 9.17. The van der Waals surface area contributed by atoms with Crippen LogP contribution >= 0.6 is 0 Å². The highest BCUT2D eigenvalue weighted by Gasteiger charge is 2.34. The Morgan fingerprint density at radius 2 is 0.600 bits per heavy atom. The predicted octanol–water partition coefficient (Wildman–Crippen LogP) is 14.9. The van der Waals surface area contributed by atoms with Gasteiger partial charge in [0.05, 0.1) is 78.0 Å². The summed E-state index contributed by atoms with van der Waals surface area (Å²) in [4.78, 5) is 0. The highest BCUT2D eigenvalue weighted by molar-refractivity contribution is 6.17. The van der Waals surface area contributed by atoms with Crippen LogP contribution in [0.25, 0.3) is 116 Å². The molecule has 0 spiro atoms. The normalized spacial score (nSPS) is 11.8. The van der Waals surface area contributed by atoms with Crippen LogP contribution in [0.3, 0.4) is 0 Å². The number of hydrogen-bond acceptors (Lipinski definition) is 2. The van der Waals surface area contributed by atoms with Crippen molar-refractivity contribution in [3.05, 3.63) is 211 Å². The van der Waals surface area contributed by atoms with Crippen LogP contribution in [0.1, 0.15) is 23.6 Å². The third-order valence-corrected chi connectivity index (χ3v) is 13.4. The minimum absolute atomic E-state index is 0.272. The van der Waals surface area contributed by atoms with Crippen LogP contribution in [-0.2, 0) is 0 Å². The maximum atomic E-state index is 12.0. The maximum absolute atomic E-state index is 12.0. The first kappa shape index (κ1) is 36.5. The molecular formula is C59H36N6. The molecule has 9 aromatic carbocycles. The molecule has 0 amide bonds. The smallest absolute Gasteiger partial charge is 0.103 e. The molecule has 6 nitrogen and oxygen atoms in total. The molecular weight excluding hydrogens is 793 g/mol. The summed E-state index contributed by atoms with van der Waals surface area (Å²) in [6.07, 6.45) is 0. The first-order valence-corrected chi connectivity index (χ1v) is 21.8. The van der Waals surface area contributed by atoms with Gasteiger partial charge in [0, 0.05) is 43.1 Å². The van der Waals surface area contributed by atoms with Crippen LogP contribution in [0.15, 0.2) is 195 Å². The van der Waals surface area contributed by atoms with Gasteiger partial charge in [-0.1, -0.05) is 152 Å². The van der Waals surface area contributed by atoms with Gasteiger partial charge < -0.3 is 18.3 Å². The van der Waals surface area contributed by atoms with Gasteiger partial charge in [0.1, 0.15) is 12.1 Å². The summed E-state index contributed by atoms with van der Waals surface area (Å²) in [6, 6.07) is 71.0. The molecule has 0 saturated heterocycles. The molecule has 302 valence electrons. The fraction of sp³-hybridized carbons (Fsp3) is 0.0169.